The van der Waals surface area contributed by atoms with Crippen LogP contribution in [0.1, 0.15) is 30.9 Å². The van der Waals surface area contributed by atoms with E-state index in [-0.39, 0.29) is 44.3 Å². The molecule has 4 aromatic carbocycles. The van der Waals surface area contributed by atoms with Gasteiger partial charge < -0.3 is 5.32 Å². The van der Waals surface area contributed by atoms with Crippen LogP contribution in [0.3, 0.4) is 0 Å². The van der Waals surface area contributed by atoms with E-state index in [0.29, 0.717) is 5.02 Å². The van der Waals surface area contributed by atoms with E-state index >= 15 is 0 Å². The molecule has 0 bridgehead atoms. The van der Waals surface area contributed by atoms with Gasteiger partial charge >= 0.3 is 0 Å². The first-order valence-corrected chi connectivity index (χ1v) is 14.3. The number of anilines is 1. The van der Waals surface area contributed by atoms with Crippen LogP contribution in [0.4, 0.5) is 5.69 Å². The second kappa shape index (κ2) is 13.1. The van der Waals surface area contributed by atoms with Crippen LogP contribution in [0, 0.1) is 13.8 Å². The maximum atomic E-state index is 14.3. The number of benzene rings is 4. The van der Waals surface area contributed by atoms with E-state index in [1.807, 2.05) is 44.2 Å². The van der Waals surface area contributed by atoms with Gasteiger partial charge in [-0.2, -0.15) is 0 Å². The number of aryl methyl sites for hydroxylation is 2. The number of rotatable bonds is 8. The van der Waals surface area contributed by atoms with Crippen molar-refractivity contribution in [3.05, 3.63) is 119 Å². The van der Waals surface area contributed by atoms with Gasteiger partial charge in [0.1, 0.15) is 23.2 Å². The van der Waals surface area contributed by atoms with E-state index in [4.69, 9.17) is 11.6 Å². The third kappa shape index (κ3) is 5.84. The van der Waals surface area contributed by atoms with Gasteiger partial charge in [0.25, 0.3) is 5.91 Å². The molecule has 4 aromatic rings. The average molecular weight is 590 g/mol. The summed E-state index contributed by atoms with van der Waals surface area (Å²) in [6, 6.07) is 35.7. The topological polar surface area (TPSA) is 29.1 Å². The Hall–Kier alpha value is -1.83. The molecule has 1 unspecified atom stereocenters. The molecule has 1 atom stereocenters. The molecule has 1 amide bonds. The van der Waals surface area contributed by atoms with Gasteiger partial charge in [0.15, 0.2) is 5.66 Å². The molecule has 1 N–H and O–H groups in total. The molecule has 0 aromatic heterocycles. The number of hydrogen-bond acceptors (Lipinski definition) is 1. The molecule has 0 aliphatic rings. The largest absolute Gasteiger partial charge is 0.322 e. The van der Waals surface area contributed by atoms with Crippen LogP contribution in [0.5, 0.6) is 0 Å². The second-order valence-electron chi connectivity index (χ2n) is 8.94. The van der Waals surface area contributed by atoms with E-state index < -0.39 is 7.26 Å². The summed E-state index contributed by atoms with van der Waals surface area (Å²) in [6.45, 7) is 6.16. The first-order chi connectivity index (χ1) is 17.0. The molecule has 0 heterocycles. The van der Waals surface area contributed by atoms with Crippen molar-refractivity contribution in [2.75, 3.05) is 5.32 Å². The molecule has 0 aliphatic carbocycles. The molecule has 0 fully saturated rings. The third-order valence-corrected chi connectivity index (χ3v) is 11.6. The molecule has 0 spiro atoms. The molecule has 4 rings (SSSR count). The Morgan fingerprint density at radius 2 is 1.17 bits per heavy atom. The fourth-order valence-corrected chi connectivity index (χ4v) is 10.4. The van der Waals surface area contributed by atoms with E-state index in [1.165, 1.54) is 15.9 Å². The van der Waals surface area contributed by atoms with E-state index in [0.717, 1.165) is 29.7 Å². The first kappa shape index (κ1) is 28.7. The Bertz CT molecular complexity index is 1160. The standard InChI is InChI=1S/C31H31ClNOP.Y/c1-4-14-29(31(34)33-30-23(2)21-25(32)22-24(30)3)35(26-15-8-5-9-16-26,27-17-10-6-11-18-27)28-19-12-7-13-20-28;/h5-13,15-22,29H,4,14H2,1-3H3;/p+1. The Balaban J connectivity index is 0.00000361. The van der Waals surface area contributed by atoms with Crippen LogP contribution >= 0.6 is 18.9 Å². The van der Waals surface area contributed by atoms with Crippen LogP contribution in [-0.2, 0) is 37.5 Å². The van der Waals surface area contributed by atoms with Gasteiger partial charge in [-0.25, -0.2) is 0 Å². The predicted octanol–water partition coefficient (Wildman–Crippen LogP) is 7.06. The minimum atomic E-state index is -2.35. The van der Waals surface area contributed by atoms with Crippen LogP contribution in [0.2, 0.25) is 5.02 Å². The van der Waals surface area contributed by atoms with Gasteiger partial charge in [-0.15, -0.1) is 0 Å². The first-order valence-electron chi connectivity index (χ1n) is 12.1. The van der Waals surface area contributed by atoms with Gasteiger partial charge in [-0.1, -0.05) is 79.5 Å². The molecular formula is C31H32ClNOPY+. The number of halogens is 1. The van der Waals surface area contributed by atoms with Crippen molar-refractivity contribution < 1.29 is 37.5 Å². The average Bonchev–Trinajstić information content (AvgIpc) is 2.88. The van der Waals surface area contributed by atoms with Gasteiger partial charge in [0, 0.05) is 43.4 Å². The van der Waals surface area contributed by atoms with E-state index in [9.17, 15) is 4.79 Å². The molecule has 2 nitrogen and oxygen atoms in total. The van der Waals surface area contributed by atoms with Crippen LogP contribution in [-0.4, -0.2) is 11.6 Å². The predicted molar refractivity (Wildman–Crippen MR) is 153 cm³/mol. The summed E-state index contributed by atoms with van der Waals surface area (Å²) >= 11 is 6.28. The third-order valence-electron chi connectivity index (χ3n) is 6.57. The zero-order chi connectivity index (χ0) is 24.8. The monoisotopic (exact) mass is 589 g/mol. The molecule has 0 saturated carbocycles. The van der Waals surface area contributed by atoms with Crippen molar-refractivity contribution in [2.24, 2.45) is 0 Å². The number of carbonyl (C=O) groups excluding carboxylic acids is 1. The molecule has 0 saturated heterocycles. The van der Waals surface area contributed by atoms with Gasteiger partial charge in [0.05, 0.1) is 0 Å². The molecule has 181 valence electrons. The second-order valence-corrected chi connectivity index (χ2v) is 13.0. The molecular weight excluding hydrogens is 558 g/mol. The summed E-state index contributed by atoms with van der Waals surface area (Å²) in [4.78, 5) is 14.3. The Kier molecular flexibility index (Phi) is 10.5. The van der Waals surface area contributed by atoms with Crippen molar-refractivity contribution >= 4 is 46.4 Å². The zero-order valence-electron chi connectivity index (χ0n) is 21.1. The van der Waals surface area contributed by atoms with Crippen LogP contribution in [0.15, 0.2) is 103 Å². The summed E-state index contributed by atoms with van der Waals surface area (Å²) in [7, 11) is -2.35. The number of nitrogens with one attached hydrogen (secondary N) is 1. The van der Waals surface area contributed by atoms with E-state index in [2.05, 4.69) is 85.0 Å². The van der Waals surface area contributed by atoms with Gasteiger partial charge in [0.2, 0.25) is 0 Å². The smallest absolute Gasteiger partial charge is 0.266 e. The maximum Gasteiger partial charge on any atom is 0.266 e. The number of amides is 1. The van der Waals surface area contributed by atoms with Crippen molar-refractivity contribution in [1.82, 2.24) is 0 Å². The summed E-state index contributed by atoms with van der Waals surface area (Å²) in [6.07, 6.45) is 1.69. The summed E-state index contributed by atoms with van der Waals surface area (Å²) < 4.78 is 0. The van der Waals surface area contributed by atoms with Crippen LogP contribution in [0.25, 0.3) is 0 Å². The summed E-state index contributed by atoms with van der Waals surface area (Å²) in [5.74, 6) is 0.0604. The fourth-order valence-electron chi connectivity index (χ4n) is 5.06. The minimum Gasteiger partial charge on any atom is -0.322 e. The SMILES string of the molecule is CCCC(C(=O)Nc1c(C)cc(Cl)cc1C)[P+](c1ccccc1)(c1ccccc1)c1ccccc1.[Y]. The maximum absolute atomic E-state index is 14.3. The van der Waals surface area contributed by atoms with Crippen molar-refractivity contribution in [2.45, 2.75) is 39.3 Å². The normalized spacial score (nSPS) is 11.9. The minimum absolute atomic E-state index is 0. The Morgan fingerprint density at radius 1 is 0.778 bits per heavy atom. The van der Waals surface area contributed by atoms with E-state index in [1.54, 1.807) is 0 Å². The molecule has 5 heteroatoms. The van der Waals surface area contributed by atoms with Gasteiger partial charge in [-0.05, 0) is 79.9 Å². The summed E-state index contributed by atoms with van der Waals surface area (Å²) in [5, 5.41) is 7.67. The van der Waals surface area contributed by atoms with Crippen LogP contribution < -0.4 is 21.2 Å². The van der Waals surface area contributed by atoms with Gasteiger partial charge in [-0.3, -0.25) is 4.79 Å². The van der Waals surface area contributed by atoms with Crippen molar-refractivity contribution in [3.8, 4) is 0 Å². The quantitative estimate of drug-likeness (QED) is 0.219. The number of carbonyl (C=O) groups is 1. The fraction of sp³-hybridized carbons (Fsp3) is 0.194. The Labute approximate surface area is 246 Å². The van der Waals surface area contributed by atoms with Crippen molar-refractivity contribution in [1.29, 1.82) is 0 Å². The number of hydrogen-bond donors (Lipinski definition) is 1. The molecule has 0 aliphatic heterocycles. The summed E-state index contributed by atoms with van der Waals surface area (Å²) in [5.41, 5.74) is 2.57. The zero-order valence-corrected chi connectivity index (χ0v) is 25.6. The Morgan fingerprint density at radius 3 is 1.53 bits per heavy atom. The molecule has 1 radical (unpaired) electrons. The van der Waals surface area contributed by atoms with Crippen molar-refractivity contribution in [3.63, 3.8) is 0 Å². The molecule has 36 heavy (non-hydrogen) atoms.